The Balaban J connectivity index is 2.09. The maximum absolute atomic E-state index is 12.4. The van der Waals surface area contributed by atoms with Crippen molar-refractivity contribution in [3.63, 3.8) is 0 Å². The Kier molecular flexibility index (Phi) is 5.08. The molecule has 0 bridgehead atoms. The van der Waals surface area contributed by atoms with Crippen molar-refractivity contribution in [3.05, 3.63) is 18.2 Å². The topological polar surface area (TPSA) is 84.7 Å². The van der Waals surface area contributed by atoms with Crippen LogP contribution in [0.2, 0.25) is 0 Å². The fraction of sp³-hybridized carbons (Fsp3) is 0.571. The number of sulfonamides is 1. The monoisotopic (exact) mass is 313 g/mol. The van der Waals surface area contributed by atoms with Crippen LogP contribution in [0.1, 0.15) is 19.8 Å². The molecule has 3 N–H and O–H groups in total. The Bertz CT molecular complexity index is 583. The molecule has 0 saturated carbocycles. The third-order valence-electron chi connectivity index (χ3n) is 3.81. The van der Waals surface area contributed by atoms with E-state index in [-0.39, 0.29) is 10.9 Å². The third-order valence-corrected chi connectivity index (χ3v) is 5.25. The smallest absolute Gasteiger partial charge is 0.244 e. The zero-order chi connectivity index (χ0) is 15.5. The SMILES string of the molecule is COc1ccc(N)cc1S(=O)(=O)NCC(C)N1CCCC1. The van der Waals surface area contributed by atoms with Crippen molar-refractivity contribution in [1.82, 2.24) is 9.62 Å². The standard InChI is InChI=1S/C14H23N3O3S/c1-11(17-7-3-4-8-17)10-16-21(18,19)14-9-12(15)5-6-13(14)20-2/h5-6,9,11,16H,3-4,7-8,10,15H2,1-2H3. The number of hydrogen-bond acceptors (Lipinski definition) is 5. The van der Waals surface area contributed by atoms with E-state index in [1.807, 2.05) is 6.92 Å². The third kappa shape index (κ3) is 3.87. The second kappa shape index (κ2) is 6.64. The van der Waals surface area contributed by atoms with Gasteiger partial charge in [0.25, 0.3) is 0 Å². The highest BCUT2D eigenvalue weighted by atomic mass is 32.2. The molecule has 118 valence electrons. The van der Waals surface area contributed by atoms with Crippen LogP contribution in [0.25, 0.3) is 0 Å². The van der Waals surface area contributed by atoms with Crippen LogP contribution in [0.15, 0.2) is 23.1 Å². The average Bonchev–Trinajstić information content (AvgIpc) is 2.99. The van der Waals surface area contributed by atoms with Crippen LogP contribution in [0.4, 0.5) is 5.69 Å². The van der Waals surface area contributed by atoms with E-state index in [2.05, 4.69) is 9.62 Å². The van der Waals surface area contributed by atoms with Gasteiger partial charge in [-0.05, 0) is 51.1 Å². The zero-order valence-electron chi connectivity index (χ0n) is 12.5. The molecule has 0 radical (unpaired) electrons. The molecule has 1 unspecified atom stereocenters. The van der Waals surface area contributed by atoms with E-state index < -0.39 is 10.0 Å². The second-order valence-electron chi connectivity index (χ2n) is 5.35. The lowest BCUT2D eigenvalue weighted by Gasteiger charge is -2.24. The van der Waals surface area contributed by atoms with Crippen LogP contribution in [-0.4, -0.2) is 46.1 Å². The van der Waals surface area contributed by atoms with Gasteiger partial charge in [0.05, 0.1) is 7.11 Å². The molecule has 6 nitrogen and oxygen atoms in total. The first-order valence-corrected chi connectivity index (χ1v) is 8.59. The van der Waals surface area contributed by atoms with E-state index in [0.29, 0.717) is 18.0 Å². The first-order valence-electron chi connectivity index (χ1n) is 7.11. The summed E-state index contributed by atoms with van der Waals surface area (Å²) in [5, 5.41) is 0. The molecular weight excluding hydrogens is 290 g/mol. The Labute approximate surface area is 126 Å². The highest BCUT2D eigenvalue weighted by Gasteiger charge is 2.23. The number of likely N-dealkylation sites (tertiary alicyclic amines) is 1. The number of nitrogen functional groups attached to an aromatic ring is 1. The Hall–Kier alpha value is -1.31. The summed E-state index contributed by atoms with van der Waals surface area (Å²) >= 11 is 0. The molecule has 0 aliphatic carbocycles. The maximum atomic E-state index is 12.4. The minimum absolute atomic E-state index is 0.0821. The minimum atomic E-state index is -3.63. The largest absolute Gasteiger partial charge is 0.495 e. The van der Waals surface area contributed by atoms with Gasteiger partial charge in [-0.3, -0.25) is 4.90 Å². The lowest BCUT2D eigenvalue weighted by atomic mass is 10.3. The predicted molar refractivity (Wildman–Crippen MR) is 82.9 cm³/mol. The number of rotatable bonds is 6. The first kappa shape index (κ1) is 16.1. The summed E-state index contributed by atoms with van der Waals surface area (Å²) in [6, 6.07) is 4.77. The Morgan fingerprint density at radius 2 is 2.05 bits per heavy atom. The number of nitrogens with zero attached hydrogens (tertiary/aromatic N) is 1. The van der Waals surface area contributed by atoms with Crippen molar-refractivity contribution in [1.29, 1.82) is 0 Å². The molecule has 1 aliphatic rings. The van der Waals surface area contributed by atoms with Crippen LogP contribution in [-0.2, 0) is 10.0 Å². The molecule has 1 atom stereocenters. The molecule has 0 aromatic heterocycles. The number of anilines is 1. The number of ether oxygens (including phenoxy) is 1. The van der Waals surface area contributed by atoms with Gasteiger partial charge in [0.2, 0.25) is 10.0 Å². The fourth-order valence-corrected chi connectivity index (χ4v) is 3.85. The molecule has 1 aromatic carbocycles. The average molecular weight is 313 g/mol. The van der Waals surface area contributed by atoms with E-state index in [0.717, 1.165) is 13.1 Å². The van der Waals surface area contributed by atoms with Gasteiger partial charge in [0.1, 0.15) is 10.6 Å². The molecule has 0 spiro atoms. The van der Waals surface area contributed by atoms with Crippen molar-refractivity contribution >= 4 is 15.7 Å². The fourth-order valence-electron chi connectivity index (χ4n) is 2.52. The molecule has 1 fully saturated rings. The molecule has 21 heavy (non-hydrogen) atoms. The molecular formula is C14H23N3O3S. The van der Waals surface area contributed by atoms with Gasteiger partial charge in [-0.25, -0.2) is 13.1 Å². The number of nitrogens with one attached hydrogen (secondary N) is 1. The van der Waals surface area contributed by atoms with Gasteiger partial charge in [-0.15, -0.1) is 0 Å². The van der Waals surface area contributed by atoms with Gasteiger partial charge in [-0.1, -0.05) is 0 Å². The summed E-state index contributed by atoms with van der Waals surface area (Å²) in [5.74, 6) is 0.297. The molecule has 1 saturated heterocycles. The van der Waals surface area contributed by atoms with Crippen molar-refractivity contribution < 1.29 is 13.2 Å². The van der Waals surface area contributed by atoms with Gasteiger partial charge >= 0.3 is 0 Å². The molecule has 1 heterocycles. The lowest BCUT2D eigenvalue weighted by molar-refractivity contribution is 0.260. The lowest BCUT2D eigenvalue weighted by Crippen LogP contribution is -2.40. The van der Waals surface area contributed by atoms with Crippen LogP contribution >= 0.6 is 0 Å². The number of hydrogen-bond donors (Lipinski definition) is 2. The molecule has 1 aliphatic heterocycles. The van der Waals surface area contributed by atoms with Crippen molar-refractivity contribution in [2.45, 2.75) is 30.7 Å². The van der Waals surface area contributed by atoms with E-state index in [4.69, 9.17) is 10.5 Å². The van der Waals surface area contributed by atoms with Crippen LogP contribution in [0.5, 0.6) is 5.75 Å². The van der Waals surface area contributed by atoms with E-state index in [1.54, 1.807) is 12.1 Å². The van der Waals surface area contributed by atoms with E-state index >= 15 is 0 Å². The van der Waals surface area contributed by atoms with E-state index in [1.165, 1.54) is 26.0 Å². The predicted octanol–water partition coefficient (Wildman–Crippen LogP) is 1.04. The number of benzene rings is 1. The summed E-state index contributed by atoms with van der Waals surface area (Å²) < 4.78 is 32.6. The van der Waals surface area contributed by atoms with Crippen LogP contribution in [0, 0.1) is 0 Å². The Morgan fingerprint density at radius 3 is 2.67 bits per heavy atom. The highest BCUT2D eigenvalue weighted by Crippen LogP contribution is 2.25. The zero-order valence-corrected chi connectivity index (χ0v) is 13.3. The summed E-state index contributed by atoms with van der Waals surface area (Å²) in [7, 11) is -2.19. The number of nitrogens with two attached hydrogens (primary N) is 1. The van der Waals surface area contributed by atoms with Crippen LogP contribution < -0.4 is 15.2 Å². The summed E-state index contributed by atoms with van der Waals surface area (Å²) in [5.41, 5.74) is 6.07. The Morgan fingerprint density at radius 1 is 1.38 bits per heavy atom. The summed E-state index contributed by atoms with van der Waals surface area (Å²) in [6.07, 6.45) is 2.36. The summed E-state index contributed by atoms with van der Waals surface area (Å²) in [4.78, 5) is 2.37. The van der Waals surface area contributed by atoms with Gasteiger partial charge < -0.3 is 10.5 Å². The maximum Gasteiger partial charge on any atom is 0.244 e. The minimum Gasteiger partial charge on any atom is -0.495 e. The van der Waals surface area contributed by atoms with Crippen molar-refractivity contribution in [2.75, 3.05) is 32.5 Å². The van der Waals surface area contributed by atoms with Gasteiger partial charge in [-0.2, -0.15) is 0 Å². The van der Waals surface area contributed by atoms with Gasteiger partial charge in [0.15, 0.2) is 0 Å². The second-order valence-corrected chi connectivity index (χ2v) is 7.09. The molecule has 1 aromatic rings. The molecule has 0 amide bonds. The van der Waals surface area contributed by atoms with Crippen LogP contribution in [0.3, 0.4) is 0 Å². The van der Waals surface area contributed by atoms with Crippen molar-refractivity contribution in [2.24, 2.45) is 0 Å². The number of methoxy groups -OCH3 is 1. The van der Waals surface area contributed by atoms with Crippen molar-refractivity contribution in [3.8, 4) is 5.75 Å². The van der Waals surface area contributed by atoms with E-state index in [9.17, 15) is 8.42 Å². The highest BCUT2D eigenvalue weighted by molar-refractivity contribution is 7.89. The molecule has 7 heteroatoms. The first-order chi connectivity index (χ1) is 9.94. The van der Waals surface area contributed by atoms with Gasteiger partial charge in [0, 0.05) is 18.3 Å². The summed E-state index contributed by atoms with van der Waals surface area (Å²) in [6.45, 7) is 4.47. The normalized spacial score (nSPS) is 17.8. The quantitative estimate of drug-likeness (QED) is 0.767. The molecule has 2 rings (SSSR count).